The Balaban J connectivity index is 2.35. The lowest BCUT2D eigenvalue weighted by Crippen LogP contribution is -2.29. The van der Waals surface area contributed by atoms with Gasteiger partial charge in [0.15, 0.2) is 0 Å². The predicted octanol–water partition coefficient (Wildman–Crippen LogP) is 2.14. The van der Waals surface area contributed by atoms with Crippen LogP contribution in [-0.2, 0) is 0 Å². The van der Waals surface area contributed by atoms with E-state index in [2.05, 4.69) is 5.10 Å². The molecule has 1 saturated carbocycles. The molecule has 6 nitrogen and oxygen atoms in total. The molecule has 1 aromatic heterocycles. The highest BCUT2D eigenvalue weighted by Gasteiger charge is 2.31. The van der Waals surface area contributed by atoms with Gasteiger partial charge >= 0.3 is 5.97 Å². The average molecular weight is 299 g/mol. The molecule has 1 aromatic rings. The van der Waals surface area contributed by atoms with E-state index >= 15 is 0 Å². The number of carbonyl (C=O) groups is 1. The van der Waals surface area contributed by atoms with Crippen LogP contribution in [0.2, 0.25) is 0 Å². The van der Waals surface area contributed by atoms with Crippen molar-refractivity contribution in [2.75, 3.05) is 11.5 Å². The number of aromatic carboxylic acids is 1. The van der Waals surface area contributed by atoms with E-state index in [-0.39, 0.29) is 17.4 Å². The molecule has 4 N–H and O–H groups in total. The van der Waals surface area contributed by atoms with Crippen molar-refractivity contribution in [3.63, 3.8) is 0 Å². The van der Waals surface area contributed by atoms with Gasteiger partial charge in [0.1, 0.15) is 16.4 Å². The molecule has 2 atom stereocenters. The molecule has 112 valence electrons. The van der Waals surface area contributed by atoms with Gasteiger partial charge in [-0.1, -0.05) is 19.8 Å². The lowest BCUT2D eigenvalue weighted by atomic mass is 9.93. The lowest BCUT2D eigenvalue weighted by molar-refractivity contribution is 0.0682. The van der Waals surface area contributed by atoms with Crippen LogP contribution in [0.5, 0.6) is 0 Å². The number of carboxylic acids is 1. The molecule has 0 amide bonds. The van der Waals surface area contributed by atoms with Crippen molar-refractivity contribution in [2.24, 2.45) is 0 Å². The molecule has 2 unspecified atom stereocenters. The monoisotopic (exact) mass is 299 g/mol. The Morgan fingerprint density at radius 3 is 2.80 bits per heavy atom. The van der Waals surface area contributed by atoms with Crippen molar-refractivity contribution in [2.45, 2.75) is 56.2 Å². The third-order valence-corrected chi connectivity index (χ3v) is 4.75. The largest absolute Gasteiger partial charge is 0.477 e. The second-order valence-electron chi connectivity index (χ2n) is 5.08. The number of thioether (sulfide) groups is 1. The number of hydrogen-bond donors (Lipinski definition) is 3. The number of rotatable bonds is 5. The fraction of sp³-hybridized carbons (Fsp3) is 0.692. The fourth-order valence-corrected chi connectivity index (χ4v) is 3.44. The molecule has 1 fully saturated rings. The second-order valence-corrected chi connectivity index (χ2v) is 6.17. The van der Waals surface area contributed by atoms with Gasteiger partial charge in [-0.3, -0.25) is 0 Å². The van der Waals surface area contributed by atoms with E-state index in [0.29, 0.717) is 11.4 Å². The Morgan fingerprint density at radius 2 is 2.20 bits per heavy atom. The summed E-state index contributed by atoms with van der Waals surface area (Å²) >= 11 is 1.40. The summed E-state index contributed by atoms with van der Waals surface area (Å²) in [6.45, 7) is 2.03. The number of nitrogens with two attached hydrogens (primary N) is 1. The molecule has 20 heavy (non-hydrogen) atoms. The molecule has 0 saturated heterocycles. The van der Waals surface area contributed by atoms with E-state index in [1.54, 1.807) is 0 Å². The number of aliphatic hydroxyl groups is 1. The quantitative estimate of drug-likeness (QED) is 0.720. The summed E-state index contributed by atoms with van der Waals surface area (Å²) in [4.78, 5) is 11.4. The van der Waals surface area contributed by atoms with Crippen molar-refractivity contribution < 1.29 is 15.0 Å². The fourth-order valence-electron chi connectivity index (χ4n) is 2.56. The summed E-state index contributed by atoms with van der Waals surface area (Å²) in [6.07, 6.45) is 3.91. The van der Waals surface area contributed by atoms with Gasteiger partial charge in [0, 0.05) is 0 Å². The van der Waals surface area contributed by atoms with E-state index in [4.69, 9.17) is 5.73 Å². The van der Waals surface area contributed by atoms with E-state index in [1.807, 2.05) is 6.92 Å². The first-order chi connectivity index (χ1) is 9.56. The van der Waals surface area contributed by atoms with Crippen molar-refractivity contribution in [1.29, 1.82) is 0 Å². The van der Waals surface area contributed by atoms with Crippen molar-refractivity contribution in [3.8, 4) is 0 Å². The maximum absolute atomic E-state index is 11.4. The highest BCUT2D eigenvalue weighted by atomic mass is 32.2. The summed E-state index contributed by atoms with van der Waals surface area (Å²) in [5.41, 5.74) is 6.04. The molecule has 0 aromatic carbocycles. The number of anilines is 1. The van der Waals surface area contributed by atoms with Crippen LogP contribution in [0.25, 0.3) is 0 Å². The Morgan fingerprint density at radius 1 is 1.50 bits per heavy atom. The van der Waals surface area contributed by atoms with Gasteiger partial charge in [-0.15, -0.1) is 11.8 Å². The number of aliphatic hydroxyl groups excluding tert-OH is 1. The van der Waals surface area contributed by atoms with Crippen molar-refractivity contribution in [1.82, 2.24) is 9.78 Å². The van der Waals surface area contributed by atoms with Crippen molar-refractivity contribution in [3.05, 3.63) is 5.56 Å². The zero-order chi connectivity index (χ0) is 14.7. The molecular formula is C13H21N3O3S. The van der Waals surface area contributed by atoms with Gasteiger partial charge in [-0.2, -0.15) is 5.10 Å². The third-order valence-electron chi connectivity index (χ3n) is 3.58. The van der Waals surface area contributed by atoms with Gasteiger partial charge in [0.2, 0.25) is 0 Å². The van der Waals surface area contributed by atoms with Crippen LogP contribution in [0.15, 0.2) is 5.03 Å². The van der Waals surface area contributed by atoms with E-state index in [1.165, 1.54) is 16.4 Å². The lowest BCUT2D eigenvalue weighted by Gasteiger charge is -2.28. The van der Waals surface area contributed by atoms with Crippen LogP contribution < -0.4 is 5.73 Å². The first-order valence-electron chi connectivity index (χ1n) is 6.98. The van der Waals surface area contributed by atoms with Gasteiger partial charge in [-0.05, 0) is 25.0 Å². The topological polar surface area (TPSA) is 101 Å². The minimum absolute atomic E-state index is 0.0706. The zero-order valence-corrected chi connectivity index (χ0v) is 12.4. The summed E-state index contributed by atoms with van der Waals surface area (Å²) in [5, 5.41) is 24.2. The Labute approximate surface area is 122 Å². The molecule has 1 aliphatic carbocycles. The molecule has 0 spiro atoms. The van der Waals surface area contributed by atoms with Crippen LogP contribution in [-0.4, -0.2) is 37.8 Å². The standard InChI is InChI=1S/C13H21N3O3S/c1-2-7-20-12-10(13(18)19)11(14)16(15-12)8-5-3-4-6-9(8)17/h8-9,17H,2-7,14H2,1H3,(H,18,19). The van der Waals surface area contributed by atoms with Crippen LogP contribution >= 0.6 is 11.8 Å². The number of aromatic nitrogens is 2. The normalized spacial score (nSPS) is 22.9. The summed E-state index contributed by atoms with van der Waals surface area (Å²) in [6, 6.07) is -0.210. The number of nitrogen functional groups attached to an aromatic ring is 1. The molecule has 0 bridgehead atoms. The van der Waals surface area contributed by atoms with Crippen LogP contribution in [0.4, 0.5) is 5.82 Å². The first-order valence-corrected chi connectivity index (χ1v) is 7.97. The minimum atomic E-state index is -1.06. The number of nitrogens with zero attached hydrogens (tertiary/aromatic N) is 2. The molecule has 0 radical (unpaired) electrons. The second kappa shape index (κ2) is 6.49. The molecule has 0 aliphatic heterocycles. The molecule has 1 heterocycles. The van der Waals surface area contributed by atoms with Crippen LogP contribution in [0, 0.1) is 0 Å². The number of carboxylic acid groups (broad SMARTS) is 1. The molecular weight excluding hydrogens is 278 g/mol. The summed E-state index contributed by atoms with van der Waals surface area (Å²) < 4.78 is 1.52. The SMILES string of the molecule is CCCSc1nn(C2CCCCC2O)c(N)c1C(=O)O. The average Bonchev–Trinajstić information content (AvgIpc) is 2.74. The van der Waals surface area contributed by atoms with E-state index in [0.717, 1.165) is 31.4 Å². The van der Waals surface area contributed by atoms with E-state index < -0.39 is 12.1 Å². The number of hydrogen-bond acceptors (Lipinski definition) is 5. The first kappa shape index (κ1) is 15.2. The minimum Gasteiger partial charge on any atom is -0.477 e. The summed E-state index contributed by atoms with van der Waals surface area (Å²) in [5.74, 6) is -0.107. The van der Waals surface area contributed by atoms with E-state index in [9.17, 15) is 15.0 Å². The molecule has 2 rings (SSSR count). The Hall–Kier alpha value is -1.21. The highest BCUT2D eigenvalue weighted by molar-refractivity contribution is 7.99. The summed E-state index contributed by atoms with van der Waals surface area (Å²) in [7, 11) is 0. The third kappa shape index (κ3) is 2.93. The maximum Gasteiger partial charge on any atom is 0.342 e. The Bertz CT molecular complexity index is 489. The van der Waals surface area contributed by atoms with Crippen LogP contribution in [0.1, 0.15) is 55.4 Å². The van der Waals surface area contributed by atoms with Crippen LogP contribution in [0.3, 0.4) is 0 Å². The van der Waals surface area contributed by atoms with Gasteiger partial charge < -0.3 is 15.9 Å². The smallest absolute Gasteiger partial charge is 0.342 e. The molecule has 1 aliphatic rings. The maximum atomic E-state index is 11.4. The van der Waals surface area contributed by atoms with Crippen molar-refractivity contribution >= 4 is 23.5 Å². The van der Waals surface area contributed by atoms with Gasteiger partial charge in [0.05, 0.1) is 12.1 Å². The molecule has 7 heteroatoms. The predicted molar refractivity (Wildman–Crippen MR) is 78.1 cm³/mol. The van der Waals surface area contributed by atoms with Gasteiger partial charge in [0.25, 0.3) is 0 Å². The zero-order valence-electron chi connectivity index (χ0n) is 11.6. The Kier molecular flexibility index (Phi) is 4.93. The highest BCUT2D eigenvalue weighted by Crippen LogP contribution is 2.34. The van der Waals surface area contributed by atoms with Gasteiger partial charge in [-0.25, -0.2) is 9.48 Å².